The van der Waals surface area contributed by atoms with Crippen LogP contribution < -0.4 is 5.32 Å². The van der Waals surface area contributed by atoms with Gasteiger partial charge < -0.3 is 14.8 Å². The second kappa shape index (κ2) is 6.83. The van der Waals surface area contributed by atoms with Gasteiger partial charge in [0.1, 0.15) is 11.5 Å². The molecule has 0 aromatic carbocycles. The molecule has 2 aliphatic rings. The number of nitrogens with one attached hydrogen (secondary N) is 1. The van der Waals surface area contributed by atoms with Crippen molar-refractivity contribution in [1.82, 2.24) is 24.8 Å². The monoisotopic (exact) mass is 353 g/mol. The van der Waals surface area contributed by atoms with Crippen molar-refractivity contribution in [2.24, 2.45) is 5.41 Å². The van der Waals surface area contributed by atoms with Gasteiger partial charge in [-0.25, -0.2) is 9.97 Å². The Kier molecular flexibility index (Phi) is 4.53. The maximum Gasteiger partial charge on any atom is 0.273 e. The van der Waals surface area contributed by atoms with Crippen LogP contribution in [0.1, 0.15) is 48.2 Å². The SMILES string of the molecule is CCn1ccnc1CN(C(=O)c1cccc(C)n1)C1CC12CCNCC2. The number of amides is 1. The summed E-state index contributed by atoms with van der Waals surface area (Å²) < 4.78 is 2.11. The summed E-state index contributed by atoms with van der Waals surface area (Å²) in [5, 5.41) is 3.44. The zero-order chi connectivity index (χ0) is 18.1. The molecule has 1 aliphatic heterocycles. The van der Waals surface area contributed by atoms with E-state index in [0.29, 0.717) is 18.3 Å². The number of pyridine rings is 1. The Morgan fingerprint density at radius 3 is 2.92 bits per heavy atom. The molecule has 1 amide bonds. The molecule has 1 aliphatic carbocycles. The van der Waals surface area contributed by atoms with Crippen molar-refractivity contribution in [3.05, 3.63) is 47.8 Å². The molecule has 138 valence electrons. The first kappa shape index (κ1) is 17.2. The Bertz CT molecular complexity index is 793. The van der Waals surface area contributed by atoms with E-state index in [1.807, 2.05) is 42.4 Å². The fourth-order valence-electron chi connectivity index (χ4n) is 4.29. The maximum atomic E-state index is 13.3. The second-order valence-electron chi connectivity index (χ2n) is 7.56. The fraction of sp³-hybridized carbons (Fsp3) is 0.550. The summed E-state index contributed by atoms with van der Waals surface area (Å²) in [6, 6.07) is 5.96. The molecule has 2 aromatic rings. The van der Waals surface area contributed by atoms with Crippen LogP contribution in [0.4, 0.5) is 0 Å². The minimum atomic E-state index is 0.0276. The molecule has 1 N–H and O–H groups in total. The molecule has 4 rings (SSSR count). The molecule has 1 unspecified atom stereocenters. The van der Waals surface area contributed by atoms with Crippen LogP contribution in [0, 0.1) is 12.3 Å². The Morgan fingerprint density at radius 1 is 1.38 bits per heavy atom. The van der Waals surface area contributed by atoms with Crippen molar-refractivity contribution >= 4 is 5.91 Å². The van der Waals surface area contributed by atoms with Gasteiger partial charge in [-0.1, -0.05) is 6.07 Å². The molecular formula is C20H27N5O. The van der Waals surface area contributed by atoms with Gasteiger partial charge >= 0.3 is 0 Å². The summed E-state index contributed by atoms with van der Waals surface area (Å²) in [7, 11) is 0. The molecule has 1 spiro atoms. The minimum Gasteiger partial charge on any atom is -0.334 e. The normalized spacial score (nSPS) is 20.9. The molecule has 26 heavy (non-hydrogen) atoms. The molecule has 1 saturated carbocycles. The summed E-state index contributed by atoms with van der Waals surface area (Å²) in [4.78, 5) is 24.3. The number of imidazole rings is 1. The van der Waals surface area contributed by atoms with E-state index in [9.17, 15) is 4.79 Å². The van der Waals surface area contributed by atoms with E-state index >= 15 is 0 Å². The van der Waals surface area contributed by atoms with E-state index in [4.69, 9.17) is 0 Å². The topological polar surface area (TPSA) is 63.1 Å². The van der Waals surface area contributed by atoms with Gasteiger partial charge in [0, 0.05) is 30.7 Å². The van der Waals surface area contributed by atoms with E-state index in [1.165, 1.54) is 0 Å². The van der Waals surface area contributed by atoms with Crippen LogP contribution >= 0.6 is 0 Å². The van der Waals surface area contributed by atoms with E-state index in [1.54, 1.807) is 0 Å². The largest absolute Gasteiger partial charge is 0.334 e. The van der Waals surface area contributed by atoms with Gasteiger partial charge in [0.05, 0.1) is 6.54 Å². The lowest BCUT2D eigenvalue weighted by atomic mass is 9.93. The number of carbonyl (C=O) groups is 1. The number of hydrogen-bond donors (Lipinski definition) is 1. The van der Waals surface area contributed by atoms with Crippen molar-refractivity contribution in [2.75, 3.05) is 13.1 Å². The number of hydrogen-bond acceptors (Lipinski definition) is 4. The third-order valence-corrected chi connectivity index (χ3v) is 5.94. The van der Waals surface area contributed by atoms with Crippen LogP contribution in [-0.2, 0) is 13.1 Å². The summed E-state index contributed by atoms with van der Waals surface area (Å²) in [6.07, 6.45) is 7.19. The number of piperidine rings is 1. The standard InChI is InChI=1S/C20H27N5O/c1-3-24-12-11-22-18(24)14-25(17-13-20(17)7-9-21-10-8-20)19(26)16-6-4-5-15(2)23-16/h4-6,11-12,17,21H,3,7-10,13-14H2,1-2H3. The van der Waals surface area contributed by atoms with Crippen molar-refractivity contribution in [2.45, 2.75) is 52.2 Å². The third kappa shape index (κ3) is 3.14. The van der Waals surface area contributed by atoms with Gasteiger partial charge in [-0.15, -0.1) is 0 Å². The molecule has 6 nitrogen and oxygen atoms in total. The highest BCUT2D eigenvalue weighted by atomic mass is 16.2. The first-order valence-corrected chi connectivity index (χ1v) is 9.58. The van der Waals surface area contributed by atoms with Gasteiger partial charge in [-0.2, -0.15) is 0 Å². The Morgan fingerprint density at radius 2 is 2.19 bits per heavy atom. The number of aromatic nitrogens is 3. The predicted octanol–water partition coefficient (Wildman–Crippen LogP) is 2.39. The molecule has 0 bridgehead atoms. The van der Waals surface area contributed by atoms with Crippen molar-refractivity contribution < 1.29 is 4.79 Å². The molecule has 1 saturated heterocycles. The van der Waals surface area contributed by atoms with Gasteiger partial charge in [-0.05, 0) is 63.7 Å². The lowest BCUT2D eigenvalue weighted by Gasteiger charge is -2.29. The van der Waals surface area contributed by atoms with Crippen LogP contribution in [0.2, 0.25) is 0 Å². The van der Waals surface area contributed by atoms with Crippen molar-refractivity contribution in [3.63, 3.8) is 0 Å². The average molecular weight is 353 g/mol. The minimum absolute atomic E-state index is 0.0276. The molecule has 3 heterocycles. The van der Waals surface area contributed by atoms with Crippen LogP contribution in [0.3, 0.4) is 0 Å². The fourth-order valence-corrected chi connectivity index (χ4v) is 4.29. The highest BCUT2D eigenvalue weighted by Crippen LogP contribution is 2.56. The first-order chi connectivity index (χ1) is 12.6. The zero-order valence-corrected chi connectivity index (χ0v) is 15.6. The zero-order valence-electron chi connectivity index (χ0n) is 15.6. The molecule has 6 heteroatoms. The summed E-state index contributed by atoms with van der Waals surface area (Å²) in [6.45, 7) is 7.53. The average Bonchev–Trinajstić information content (AvgIpc) is 3.13. The lowest BCUT2D eigenvalue weighted by molar-refractivity contribution is 0.0678. The Labute approximate surface area is 154 Å². The predicted molar refractivity (Wildman–Crippen MR) is 99.7 cm³/mol. The van der Waals surface area contributed by atoms with E-state index in [2.05, 4.69) is 26.8 Å². The van der Waals surface area contributed by atoms with Gasteiger partial charge in [0.2, 0.25) is 0 Å². The number of carbonyl (C=O) groups excluding carboxylic acids is 1. The quantitative estimate of drug-likeness (QED) is 0.896. The van der Waals surface area contributed by atoms with Crippen molar-refractivity contribution in [3.8, 4) is 0 Å². The number of rotatable bonds is 5. The molecule has 2 fully saturated rings. The maximum absolute atomic E-state index is 13.3. The third-order valence-electron chi connectivity index (χ3n) is 5.94. The summed E-state index contributed by atoms with van der Waals surface area (Å²) in [5.74, 6) is 0.976. The van der Waals surface area contributed by atoms with Gasteiger partial charge in [0.15, 0.2) is 0 Å². The molecule has 1 atom stereocenters. The summed E-state index contributed by atoms with van der Waals surface area (Å²) >= 11 is 0. The molecule has 2 aromatic heterocycles. The molecule has 0 radical (unpaired) electrons. The highest BCUT2D eigenvalue weighted by Gasteiger charge is 2.58. The second-order valence-corrected chi connectivity index (χ2v) is 7.56. The van der Waals surface area contributed by atoms with Crippen LogP contribution in [0.5, 0.6) is 0 Å². The molecular weight excluding hydrogens is 326 g/mol. The smallest absolute Gasteiger partial charge is 0.273 e. The first-order valence-electron chi connectivity index (χ1n) is 9.58. The lowest BCUT2D eigenvalue weighted by Crippen LogP contribution is -2.40. The van der Waals surface area contributed by atoms with Crippen LogP contribution in [-0.4, -0.2) is 44.5 Å². The Hall–Kier alpha value is -2.21. The van der Waals surface area contributed by atoms with Crippen LogP contribution in [0.25, 0.3) is 0 Å². The number of aryl methyl sites for hydroxylation is 2. The van der Waals surface area contributed by atoms with Gasteiger partial charge in [-0.3, -0.25) is 4.79 Å². The van der Waals surface area contributed by atoms with Gasteiger partial charge in [0.25, 0.3) is 5.91 Å². The van der Waals surface area contributed by atoms with E-state index in [-0.39, 0.29) is 11.3 Å². The van der Waals surface area contributed by atoms with E-state index < -0.39 is 0 Å². The summed E-state index contributed by atoms with van der Waals surface area (Å²) in [5.41, 5.74) is 1.70. The highest BCUT2D eigenvalue weighted by molar-refractivity contribution is 5.92. The van der Waals surface area contributed by atoms with Crippen molar-refractivity contribution in [1.29, 1.82) is 0 Å². The van der Waals surface area contributed by atoms with Crippen LogP contribution in [0.15, 0.2) is 30.6 Å². The number of nitrogens with zero attached hydrogens (tertiary/aromatic N) is 4. The Balaban J connectivity index is 1.62. The van der Waals surface area contributed by atoms with E-state index in [0.717, 1.165) is 50.4 Å².